The minimum atomic E-state index is -0.532. The summed E-state index contributed by atoms with van der Waals surface area (Å²) in [6, 6.07) is -0.532. The third-order valence-electron chi connectivity index (χ3n) is 2.01. The highest BCUT2D eigenvalue weighted by Gasteiger charge is 2.22. The Balaban J connectivity index is 2.55. The lowest BCUT2D eigenvalue weighted by molar-refractivity contribution is -0.146. The molecule has 0 bridgehead atoms. The zero-order valence-electron chi connectivity index (χ0n) is 9.47. The minimum Gasteiger partial charge on any atom is -0.464 e. The maximum absolute atomic E-state index is 11.6. The molecule has 0 fully saturated rings. The molecule has 90 valence electrons. The van der Waals surface area contributed by atoms with Gasteiger partial charge in [-0.1, -0.05) is 12.2 Å². The lowest BCUT2D eigenvalue weighted by atomic mass is 10.3. The van der Waals surface area contributed by atoms with E-state index in [0.717, 1.165) is 0 Å². The van der Waals surface area contributed by atoms with E-state index in [2.05, 4.69) is 16.1 Å². The van der Waals surface area contributed by atoms with E-state index in [0.29, 0.717) is 12.4 Å². The van der Waals surface area contributed by atoms with Crippen LogP contribution in [0.2, 0.25) is 0 Å². The summed E-state index contributed by atoms with van der Waals surface area (Å²) in [5, 5.41) is 6.74. The number of ether oxygens (including phenoxy) is 1. The SMILES string of the molecule is CCOC(=O)C(C[SH]1C=CC=C1)NC(C)=O. The Labute approximate surface area is 98.1 Å². The van der Waals surface area contributed by atoms with E-state index in [1.54, 1.807) is 6.92 Å². The molecule has 0 aromatic carbocycles. The molecule has 1 heterocycles. The molecule has 0 aliphatic carbocycles. The Morgan fingerprint density at radius 3 is 2.50 bits per heavy atom. The molecule has 1 rings (SSSR count). The third-order valence-corrected chi connectivity index (χ3v) is 3.91. The molecule has 1 unspecified atom stereocenters. The van der Waals surface area contributed by atoms with Crippen LogP contribution in [-0.2, 0) is 14.3 Å². The van der Waals surface area contributed by atoms with Gasteiger partial charge in [-0.3, -0.25) is 4.79 Å². The first-order chi connectivity index (χ1) is 7.63. The van der Waals surface area contributed by atoms with Crippen LogP contribution >= 0.6 is 10.9 Å². The zero-order valence-corrected chi connectivity index (χ0v) is 10.4. The number of hydrogen-bond donors (Lipinski definition) is 2. The van der Waals surface area contributed by atoms with Crippen LogP contribution in [0.3, 0.4) is 0 Å². The van der Waals surface area contributed by atoms with Crippen molar-refractivity contribution in [2.75, 3.05) is 12.4 Å². The van der Waals surface area contributed by atoms with Crippen molar-refractivity contribution in [3.05, 3.63) is 23.0 Å². The van der Waals surface area contributed by atoms with Gasteiger partial charge >= 0.3 is 5.97 Å². The van der Waals surface area contributed by atoms with Crippen LogP contribution < -0.4 is 5.32 Å². The maximum atomic E-state index is 11.6. The molecule has 0 saturated heterocycles. The fourth-order valence-corrected chi connectivity index (χ4v) is 3.02. The Morgan fingerprint density at radius 1 is 1.38 bits per heavy atom. The highest BCUT2D eigenvalue weighted by molar-refractivity contribution is 8.22. The van der Waals surface area contributed by atoms with Crippen molar-refractivity contribution in [1.29, 1.82) is 0 Å². The zero-order chi connectivity index (χ0) is 12.0. The average Bonchev–Trinajstić information content (AvgIpc) is 2.69. The first kappa shape index (κ1) is 12.8. The van der Waals surface area contributed by atoms with Gasteiger partial charge < -0.3 is 10.1 Å². The van der Waals surface area contributed by atoms with E-state index in [4.69, 9.17) is 4.74 Å². The fraction of sp³-hybridized carbons (Fsp3) is 0.455. The van der Waals surface area contributed by atoms with Crippen molar-refractivity contribution in [2.24, 2.45) is 0 Å². The number of rotatable bonds is 5. The lowest BCUT2D eigenvalue weighted by Gasteiger charge is -2.20. The second-order valence-corrected chi connectivity index (χ2v) is 5.37. The van der Waals surface area contributed by atoms with Gasteiger partial charge in [0.2, 0.25) is 5.91 Å². The summed E-state index contributed by atoms with van der Waals surface area (Å²) in [4.78, 5) is 22.6. The van der Waals surface area contributed by atoms with Crippen LogP contribution in [0.15, 0.2) is 23.0 Å². The molecule has 16 heavy (non-hydrogen) atoms. The monoisotopic (exact) mass is 243 g/mol. The molecule has 1 N–H and O–H groups in total. The molecule has 4 nitrogen and oxygen atoms in total. The van der Waals surface area contributed by atoms with Crippen molar-refractivity contribution < 1.29 is 14.3 Å². The van der Waals surface area contributed by atoms with Crippen molar-refractivity contribution in [3.8, 4) is 0 Å². The molecular formula is C11H17NO3S. The first-order valence-corrected chi connectivity index (χ1v) is 6.84. The molecule has 1 aliphatic heterocycles. The van der Waals surface area contributed by atoms with Gasteiger partial charge in [0, 0.05) is 12.7 Å². The topological polar surface area (TPSA) is 55.4 Å². The summed E-state index contributed by atoms with van der Waals surface area (Å²) in [5.74, 6) is 0.0508. The van der Waals surface area contributed by atoms with Crippen LogP contribution in [0.1, 0.15) is 13.8 Å². The van der Waals surface area contributed by atoms with E-state index in [9.17, 15) is 9.59 Å². The van der Waals surface area contributed by atoms with E-state index < -0.39 is 16.9 Å². The van der Waals surface area contributed by atoms with Crippen LogP contribution in [0.4, 0.5) is 0 Å². The first-order valence-electron chi connectivity index (χ1n) is 5.18. The molecule has 0 spiro atoms. The number of hydrogen-bond acceptors (Lipinski definition) is 3. The van der Waals surface area contributed by atoms with E-state index in [1.165, 1.54) is 6.92 Å². The van der Waals surface area contributed by atoms with Gasteiger partial charge in [-0.2, -0.15) is 0 Å². The number of allylic oxidation sites excluding steroid dienone is 2. The number of carbonyl (C=O) groups excluding carboxylic acids is 2. The van der Waals surface area contributed by atoms with Gasteiger partial charge in [-0.25, -0.2) is 15.7 Å². The smallest absolute Gasteiger partial charge is 0.329 e. The van der Waals surface area contributed by atoms with Crippen LogP contribution in [0, 0.1) is 0 Å². The number of nitrogens with one attached hydrogen (secondary N) is 1. The molecule has 0 radical (unpaired) electrons. The van der Waals surface area contributed by atoms with Gasteiger partial charge in [0.15, 0.2) is 0 Å². The molecule has 1 amide bonds. The Kier molecular flexibility index (Phi) is 5.11. The largest absolute Gasteiger partial charge is 0.464 e. The number of thiol groups is 1. The summed E-state index contributed by atoms with van der Waals surface area (Å²) in [7, 11) is -0.435. The van der Waals surface area contributed by atoms with Crippen molar-refractivity contribution in [3.63, 3.8) is 0 Å². The summed E-state index contributed by atoms with van der Waals surface area (Å²) in [5.41, 5.74) is 0. The van der Waals surface area contributed by atoms with Crippen molar-refractivity contribution in [1.82, 2.24) is 5.32 Å². The Bertz CT molecular complexity index is 313. The fourth-order valence-electron chi connectivity index (χ4n) is 1.37. The summed E-state index contributed by atoms with van der Waals surface area (Å²) in [6.07, 6.45) is 3.92. The Hall–Kier alpha value is -1.23. The predicted octanol–water partition coefficient (Wildman–Crippen LogP) is 1.10. The Morgan fingerprint density at radius 2 is 2.00 bits per heavy atom. The average molecular weight is 243 g/mol. The minimum absolute atomic E-state index is 0.208. The standard InChI is InChI=1S/C11H17NO3S/c1-3-15-11(14)10(12-9(2)13)8-16-6-4-5-7-16/h4-7,10,16H,3,8H2,1-2H3,(H,12,13). The highest BCUT2D eigenvalue weighted by Crippen LogP contribution is 2.33. The van der Waals surface area contributed by atoms with Gasteiger partial charge in [-0.05, 0) is 17.7 Å². The third kappa shape index (κ3) is 4.10. The van der Waals surface area contributed by atoms with Crippen LogP contribution in [0.5, 0.6) is 0 Å². The predicted molar refractivity (Wildman–Crippen MR) is 66.4 cm³/mol. The van der Waals surface area contributed by atoms with E-state index in [1.807, 2.05) is 12.2 Å². The molecule has 0 aromatic heterocycles. The molecule has 1 aliphatic rings. The van der Waals surface area contributed by atoms with Crippen LogP contribution in [-0.4, -0.2) is 30.3 Å². The summed E-state index contributed by atoms with van der Waals surface area (Å²) < 4.78 is 4.92. The van der Waals surface area contributed by atoms with Gasteiger partial charge in [-0.15, -0.1) is 0 Å². The lowest BCUT2D eigenvalue weighted by Crippen LogP contribution is -2.43. The number of amides is 1. The van der Waals surface area contributed by atoms with Crippen LogP contribution in [0.25, 0.3) is 0 Å². The van der Waals surface area contributed by atoms with Gasteiger partial charge in [0.1, 0.15) is 6.04 Å². The van der Waals surface area contributed by atoms with Gasteiger partial charge in [0.05, 0.1) is 6.61 Å². The maximum Gasteiger partial charge on any atom is 0.329 e. The van der Waals surface area contributed by atoms with Crippen molar-refractivity contribution >= 4 is 22.8 Å². The normalized spacial score (nSPS) is 17.2. The second-order valence-electron chi connectivity index (χ2n) is 3.38. The van der Waals surface area contributed by atoms with E-state index in [-0.39, 0.29) is 11.9 Å². The second kappa shape index (κ2) is 6.37. The quantitative estimate of drug-likeness (QED) is 0.561. The van der Waals surface area contributed by atoms with Gasteiger partial charge in [0.25, 0.3) is 0 Å². The molecule has 1 atom stereocenters. The molecular weight excluding hydrogens is 226 g/mol. The molecule has 0 saturated carbocycles. The van der Waals surface area contributed by atoms with E-state index >= 15 is 0 Å². The molecule has 0 aromatic rings. The van der Waals surface area contributed by atoms with Crippen molar-refractivity contribution in [2.45, 2.75) is 19.9 Å². The highest BCUT2D eigenvalue weighted by atomic mass is 32.2. The summed E-state index contributed by atoms with van der Waals surface area (Å²) in [6.45, 7) is 3.49. The summed E-state index contributed by atoms with van der Waals surface area (Å²) >= 11 is 0. The number of esters is 1. The number of carbonyl (C=O) groups is 2. The molecule has 5 heteroatoms.